The summed E-state index contributed by atoms with van der Waals surface area (Å²) in [6, 6.07) is 1.42. The van der Waals surface area contributed by atoms with E-state index >= 15 is 0 Å². The maximum absolute atomic E-state index is 11.7. The molecule has 0 saturated carbocycles. The summed E-state index contributed by atoms with van der Waals surface area (Å²) in [5.74, 6) is 0.372. The Bertz CT molecular complexity index is 518. The monoisotopic (exact) mass is 282 g/mol. The first-order valence-corrected chi connectivity index (χ1v) is 5.89. The normalized spacial score (nSPS) is 11.6. The molecule has 110 valence electrons. The SMILES string of the molecule is COCc1nn(C(C)C#N)c(OC(=O)N(C)C)c1OC. The standard InChI is InChI=1S/C12H18N4O4/c1-8(6-13)16-11(20-12(17)15(2)3)10(19-5)9(14-16)7-18-4/h8H,7H2,1-5H3. The van der Waals surface area contributed by atoms with Gasteiger partial charge in [-0.05, 0) is 6.92 Å². The number of carbonyl (C=O) groups is 1. The highest BCUT2D eigenvalue weighted by Gasteiger charge is 2.25. The molecule has 0 aliphatic rings. The van der Waals surface area contributed by atoms with Gasteiger partial charge in [0.15, 0.2) is 0 Å². The van der Waals surface area contributed by atoms with Crippen LogP contribution in [0.1, 0.15) is 18.7 Å². The Balaban J connectivity index is 3.28. The van der Waals surface area contributed by atoms with Gasteiger partial charge in [0, 0.05) is 21.2 Å². The summed E-state index contributed by atoms with van der Waals surface area (Å²) in [6.07, 6.45) is -0.585. The van der Waals surface area contributed by atoms with Crippen molar-refractivity contribution < 1.29 is 19.0 Å². The predicted molar refractivity (Wildman–Crippen MR) is 69.5 cm³/mol. The van der Waals surface area contributed by atoms with Gasteiger partial charge in [-0.3, -0.25) is 0 Å². The summed E-state index contributed by atoms with van der Waals surface area (Å²) < 4.78 is 16.8. The number of carbonyl (C=O) groups excluding carboxylic acids is 1. The van der Waals surface area contributed by atoms with Crippen LogP contribution in [0.15, 0.2) is 0 Å². The second-order valence-electron chi connectivity index (χ2n) is 4.23. The lowest BCUT2D eigenvalue weighted by Crippen LogP contribution is -2.26. The fourth-order valence-electron chi connectivity index (χ4n) is 1.47. The van der Waals surface area contributed by atoms with Crippen molar-refractivity contribution in [2.75, 3.05) is 28.3 Å². The van der Waals surface area contributed by atoms with Gasteiger partial charge < -0.3 is 19.1 Å². The number of nitriles is 1. The Labute approximate surface area is 117 Å². The van der Waals surface area contributed by atoms with Crippen molar-refractivity contribution in [3.63, 3.8) is 0 Å². The molecule has 0 aliphatic carbocycles. The van der Waals surface area contributed by atoms with E-state index in [0.717, 1.165) is 0 Å². The van der Waals surface area contributed by atoms with Gasteiger partial charge in [0.1, 0.15) is 11.7 Å². The smallest absolute Gasteiger partial charge is 0.416 e. The molecule has 0 radical (unpaired) electrons. The molecule has 8 nitrogen and oxygen atoms in total. The molecule has 0 N–H and O–H groups in total. The zero-order valence-electron chi connectivity index (χ0n) is 12.2. The lowest BCUT2D eigenvalue weighted by Gasteiger charge is -2.13. The van der Waals surface area contributed by atoms with E-state index < -0.39 is 12.1 Å². The number of hydrogen-bond donors (Lipinski definition) is 0. The molecule has 1 unspecified atom stereocenters. The van der Waals surface area contributed by atoms with Crippen LogP contribution in [0.5, 0.6) is 11.6 Å². The minimum atomic E-state index is -0.612. The first-order valence-electron chi connectivity index (χ1n) is 5.89. The van der Waals surface area contributed by atoms with Gasteiger partial charge in [-0.1, -0.05) is 0 Å². The van der Waals surface area contributed by atoms with Crippen LogP contribution in [-0.2, 0) is 11.3 Å². The van der Waals surface area contributed by atoms with E-state index in [9.17, 15) is 4.79 Å². The number of hydrogen-bond acceptors (Lipinski definition) is 6. The summed E-state index contributed by atoms with van der Waals surface area (Å²) in [4.78, 5) is 13.0. The van der Waals surface area contributed by atoms with Crippen LogP contribution >= 0.6 is 0 Å². The molecule has 0 fully saturated rings. The number of amides is 1. The molecule has 1 rings (SSSR count). The average molecular weight is 282 g/mol. The van der Waals surface area contributed by atoms with Crippen LogP contribution < -0.4 is 9.47 Å². The highest BCUT2D eigenvalue weighted by molar-refractivity contribution is 5.70. The molecule has 8 heteroatoms. The van der Waals surface area contributed by atoms with Crippen LogP contribution in [0.4, 0.5) is 4.79 Å². The molecule has 0 bridgehead atoms. The third kappa shape index (κ3) is 3.19. The minimum absolute atomic E-state index is 0.0901. The summed E-state index contributed by atoms with van der Waals surface area (Å²) in [5.41, 5.74) is 0.457. The quantitative estimate of drug-likeness (QED) is 0.805. The van der Waals surface area contributed by atoms with Crippen LogP contribution in [0.2, 0.25) is 0 Å². The van der Waals surface area contributed by atoms with E-state index in [4.69, 9.17) is 19.5 Å². The molecule has 1 amide bonds. The highest BCUT2D eigenvalue weighted by Crippen LogP contribution is 2.34. The van der Waals surface area contributed by atoms with E-state index in [1.807, 2.05) is 6.07 Å². The van der Waals surface area contributed by atoms with Crippen molar-refractivity contribution in [2.24, 2.45) is 0 Å². The Morgan fingerprint density at radius 3 is 2.60 bits per heavy atom. The Kier molecular flexibility index (Phi) is 5.34. The topological polar surface area (TPSA) is 89.6 Å². The molecule has 1 aromatic heterocycles. The number of methoxy groups -OCH3 is 2. The predicted octanol–water partition coefficient (Wildman–Crippen LogP) is 1.18. The minimum Gasteiger partial charge on any atom is -0.490 e. The van der Waals surface area contributed by atoms with Crippen molar-refractivity contribution in [2.45, 2.75) is 19.6 Å². The average Bonchev–Trinajstić information content (AvgIpc) is 2.75. The van der Waals surface area contributed by atoms with Gasteiger partial charge in [-0.15, -0.1) is 0 Å². The number of nitrogens with zero attached hydrogens (tertiary/aromatic N) is 4. The zero-order valence-corrected chi connectivity index (χ0v) is 12.2. The summed E-state index contributed by atoms with van der Waals surface area (Å²) in [5, 5.41) is 13.2. The van der Waals surface area contributed by atoms with Gasteiger partial charge in [0.05, 0.1) is 19.8 Å². The maximum atomic E-state index is 11.7. The third-order valence-corrected chi connectivity index (χ3v) is 2.48. The lowest BCUT2D eigenvalue weighted by molar-refractivity contribution is 0.164. The van der Waals surface area contributed by atoms with Gasteiger partial charge in [0.2, 0.25) is 5.75 Å². The van der Waals surface area contributed by atoms with Crippen molar-refractivity contribution >= 4 is 6.09 Å². The van der Waals surface area contributed by atoms with Crippen molar-refractivity contribution in [3.05, 3.63) is 5.69 Å². The fraction of sp³-hybridized carbons (Fsp3) is 0.583. The molecule has 1 atom stereocenters. The van der Waals surface area contributed by atoms with Gasteiger partial charge in [-0.25, -0.2) is 9.48 Å². The molecule has 0 spiro atoms. The van der Waals surface area contributed by atoms with E-state index in [1.54, 1.807) is 21.0 Å². The zero-order chi connectivity index (χ0) is 15.3. The molecule has 0 aliphatic heterocycles. The summed E-state index contributed by atoms with van der Waals surface area (Å²) >= 11 is 0. The molecular formula is C12H18N4O4. The van der Waals surface area contributed by atoms with Crippen molar-refractivity contribution in [1.29, 1.82) is 5.26 Å². The molecule has 1 aromatic rings. The number of ether oxygens (including phenoxy) is 3. The third-order valence-electron chi connectivity index (χ3n) is 2.48. The number of rotatable bonds is 5. The number of aromatic nitrogens is 2. The maximum Gasteiger partial charge on any atom is 0.416 e. The molecule has 0 aromatic carbocycles. The van der Waals surface area contributed by atoms with Gasteiger partial charge in [-0.2, -0.15) is 10.4 Å². The van der Waals surface area contributed by atoms with Crippen molar-refractivity contribution in [1.82, 2.24) is 14.7 Å². The van der Waals surface area contributed by atoms with Crippen LogP contribution in [0, 0.1) is 11.3 Å². The van der Waals surface area contributed by atoms with Crippen LogP contribution in [0.3, 0.4) is 0 Å². The first-order chi connectivity index (χ1) is 9.46. The summed E-state index contributed by atoms with van der Waals surface area (Å²) in [7, 11) is 6.06. The highest BCUT2D eigenvalue weighted by atomic mass is 16.6. The lowest BCUT2D eigenvalue weighted by atomic mass is 10.4. The molecule has 0 saturated heterocycles. The Hall–Kier alpha value is -2.27. The second kappa shape index (κ2) is 6.77. The Morgan fingerprint density at radius 1 is 1.50 bits per heavy atom. The Morgan fingerprint density at radius 2 is 2.15 bits per heavy atom. The van der Waals surface area contributed by atoms with Crippen LogP contribution in [0.25, 0.3) is 0 Å². The first kappa shape index (κ1) is 15.8. The van der Waals surface area contributed by atoms with E-state index in [1.165, 1.54) is 23.8 Å². The van der Waals surface area contributed by atoms with E-state index in [2.05, 4.69) is 5.10 Å². The molecule has 1 heterocycles. The van der Waals surface area contributed by atoms with E-state index in [0.29, 0.717) is 5.69 Å². The molecule has 20 heavy (non-hydrogen) atoms. The van der Waals surface area contributed by atoms with Gasteiger partial charge >= 0.3 is 6.09 Å². The molecular weight excluding hydrogens is 264 g/mol. The second-order valence-corrected chi connectivity index (χ2v) is 4.23. The van der Waals surface area contributed by atoms with Gasteiger partial charge in [0.25, 0.3) is 5.88 Å². The fourth-order valence-corrected chi connectivity index (χ4v) is 1.47. The van der Waals surface area contributed by atoms with Crippen molar-refractivity contribution in [3.8, 4) is 17.7 Å². The van der Waals surface area contributed by atoms with E-state index in [-0.39, 0.29) is 18.2 Å². The summed E-state index contributed by atoms with van der Waals surface area (Å²) in [6.45, 7) is 1.82. The largest absolute Gasteiger partial charge is 0.490 e. The van der Waals surface area contributed by atoms with Crippen LogP contribution in [-0.4, -0.2) is 49.1 Å².